The Morgan fingerprint density at radius 3 is 2.62 bits per heavy atom. The number of halogens is 4. The number of carbonyl (C=O) groups is 1. The van der Waals surface area contributed by atoms with Gasteiger partial charge in [-0.3, -0.25) is 4.79 Å². The van der Waals surface area contributed by atoms with E-state index in [1.165, 1.54) is 0 Å². The first kappa shape index (κ1) is 21.7. The second-order valence-corrected chi connectivity index (χ2v) is 8.15. The van der Waals surface area contributed by atoms with Gasteiger partial charge in [0.15, 0.2) is 0 Å². The third-order valence-electron chi connectivity index (χ3n) is 5.45. The molecule has 1 heterocycles. The lowest BCUT2D eigenvalue weighted by atomic mass is 9.86. The van der Waals surface area contributed by atoms with E-state index in [4.69, 9.17) is 11.6 Å². The van der Waals surface area contributed by atoms with Gasteiger partial charge in [0.25, 0.3) is 5.91 Å². The summed E-state index contributed by atoms with van der Waals surface area (Å²) in [5.74, 6) is 0.863. The molecule has 1 aliphatic carbocycles. The normalized spacial score (nSPS) is 22.5. The number of benzene rings is 1. The van der Waals surface area contributed by atoms with Crippen molar-refractivity contribution in [1.82, 2.24) is 10.6 Å². The molecule has 2 N–H and O–H groups in total. The van der Waals surface area contributed by atoms with Crippen LogP contribution in [0.25, 0.3) is 0 Å². The van der Waals surface area contributed by atoms with Crippen LogP contribution in [0.2, 0.25) is 5.02 Å². The first-order valence-electron chi connectivity index (χ1n) is 9.88. The van der Waals surface area contributed by atoms with E-state index >= 15 is 0 Å². The van der Waals surface area contributed by atoms with Crippen LogP contribution in [0.15, 0.2) is 35.1 Å². The fourth-order valence-corrected chi connectivity index (χ4v) is 3.94. The third-order valence-corrected chi connectivity index (χ3v) is 5.78. The standard InChI is InChI=1S/C21H25ClF3N3O/c1-13-3-2-4-19(27-13)26-12-14-5-8-16(9-6-14)28-20(29)17-11-15(21(23,24)25)7-10-18(17)22/h4,7,10-11,14,16,26H,2-3,5-6,8-9,12H2,1H3,(H,28,29). The molecule has 0 radical (unpaired) electrons. The number of hydrogen-bond acceptors (Lipinski definition) is 3. The molecular weight excluding hydrogens is 403 g/mol. The second-order valence-electron chi connectivity index (χ2n) is 7.74. The first-order valence-corrected chi connectivity index (χ1v) is 10.3. The van der Waals surface area contributed by atoms with Crippen LogP contribution in [0.3, 0.4) is 0 Å². The van der Waals surface area contributed by atoms with Crippen molar-refractivity contribution in [3.05, 3.63) is 46.2 Å². The molecule has 0 aromatic heterocycles. The Bertz CT molecular complexity index is 812. The summed E-state index contributed by atoms with van der Waals surface area (Å²) in [6, 6.07) is 2.75. The summed E-state index contributed by atoms with van der Waals surface area (Å²) in [7, 11) is 0. The molecule has 1 aromatic rings. The van der Waals surface area contributed by atoms with Crippen molar-refractivity contribution in [2.45, 2.75) is 57.7 Å². The molecular formula is C21H25ClF3N3O. The number of hydrogen-bond donors (Lipinski definition) is 2. The second kappa shape index (κ2) is 9.20. The number of carbonyl (C=O) groups excluding carboxylic acids is 1. The van der Waals surface area contributed by atoms with Crippen molar-refractivity contribution in [2.75, 3.05) is 6.54 Å². The van der Waals surface area contributed by atoms with Crippen LogP contribution in [0.1, 0.15) is 61.4 Å². The molecule has 2 aliphatic rings. The van der Waals surface area contributed by atoms with E-state index < -0.39 is 17.6 Å². The Morgan fingerprint density at radius 2 is 1.97 bits per heavy atom. The molecule has 1 fully saturated rings. The average Bonchev–Trinajstić information content (AvgIpc) is 2.67. The molecule has 1 saturated carbocycles. The zero-order chi connectivity index (χ0) is 21.0. The summed E-state index contributed by atoms with van der Waals surface area (Å²) in [6.07, 6.45) is 3.06. The fourth-order valence-electron chi connectivity index (χ4n) is 3.74. The Balaban J connectivity index is 1.49. The van der Waals surface area contributed by atoms with Gasteiger partial charge in [-0.2, -0.15) is 13.2 Å². The largest absolute Gasteiger partial charge is 0.416 e. The van der Waals surface area contributed by atoms with E-state index in [0.29, 0.717) is 5.92 Å². The fraction of sp³-hybridized carbons (Fsp3) is 0.524. The monoisotopic (exact) mass is 427 g/mol. The van der Waals surface area contributed by atoms with E-state index in [0.717, 1.165) is 74.8 Å². The number of aliphatic imine (C=N–C) groups is 1. The van der Waals surface area contributed by atoms with Crippen LogP contribution < -0.4 is 10.6 Å². The highest BCUT2D eigenvalue weighted by atomic mass is 35.5. The molecule has 0 atom stereocenters. The van der Waals surface area contributed by atoms with E-state index in [-0.39, 0.29) is 16.6 Å². The van der Waals surface area contributed by atoms with Gasteiger partial charge in [-0.15, -0.1) is 0 Å². The molecule has 0 bridgehead atoms. The van der Waals surface area contributed by atoms with Crippen LogP contribution in [0.4, 0.5) is 13.2 Å². The molecule has 158 valence electrons. The molecule has 4 nitrogen and oxygen atoms in total. The van der Waals surface area contributed by atoms with Gasteiger partial charge >= 0.3 is 6.18 Å². The summed E-state index contributed by atoms with van der Waals surface area (Å²) in [4.78, 5) is 17.0. The summed E-state index contributed by atoms with van der Waals surface area (Å²) < 4.78 is 38.7. The molecule has 1 aliphatic heterocycles. The molecule has 3 rings (SSSR count). The smallest absolute Gasteiger partial charge is 0.370 e. The predicted molar refractivity (Wildman–Crippen MR) is 108 cm³/mol. The van der Waals surface area contributed by atoms with E-state index in [2.05, 4.69) is 21.7 Å². The van der Waals surface area contributed by atoms with Crippen molar-refractivity contribution in [3.63, 3.8) is 0 Å². The van der Waals surface area contributed by atoms with Gasteiger partial charge in [-0.1, -0.05) is 11.6 Å². The molecule has 1 amide bonds. The highest BCUT2D eigenvalue weighted by Gasteiger charge is 2.32. The third kappa shape index (κ3) is 5.98. The Morgan fingerprint density at radius 1 is 1.24 bits per heavy atom. The number of allylic oxidation sites excluding steroid dienone is 1. The zero-order valence-electron chi connectivity index (χ0n) is 16.3. The molecule has 8 heteroatoms. The quantitative estimate of drug-likeness (QED) is 0.667. The van der Waals surface area contributed by atoms with Crippen LogP contribution in [-0.4, -0.2) is 24.2 Å². The molecule has 0 saturated heterocycles. The Kier molecular flexibility index (Phi) is 6.88. The summed E-state index contributed by atoms with van der Waals surface area (Å²) in [5.41, 5.74) is 0.120. The van der Waals surface area contributed by atoms with Crippen LogP contribution in [-0.2, 0) is 6.18 Å². The van der Waals surface area contributed by atoms with Crippen molar-refractivity contribution < 1.29 is 18.0 Å². The van der Waals surface area contributed by atoms with Crippen LogP contribution >= 0.6 is 11.6 Å². The molecule has 1 aromatic carbocycles. The number of rotatable bonds is 5. The van der Waals surface area contributed by atoms with Crippen molar-refractivity contribution in [2.24, 2.45) is 10.9 Å². The Labute approximate surface area is 173 Å². The van der Waals surface area contributed by atoms with Gasteiger partial charge in [0.05, 0.1) is 16.1 Å². The van der Waals surface area contributed by atoms with Crippen LogP contribution in [0.5, 0.6) is 0 Å². The SMILES string of the molecule is CC1=NC(NCC2CCC(NC(=O)c3cc(C(F)(F)F)ccc3Cl)CC2)=CCC1. The van der Waals surface area contributed by atoms with Gasteiger partial charge in [0.2, 0.25) is 0 Å². The summed E-state index contributed by atoms with van der Waals surface area (Å²) >= 11 is 5.95. The first-order chi connectivity index (χ1) is 13.7. The predicted octanol–water partition coefficient (Wildman–Crippen LogP) is 5.33. The highest BCUT2D eigenvalue weighted by Crippen LogP contribution is 2.32. The number of alkyl halides is 3. The Hall–Kier alpha value is -2.02. The molecule has 29 heavy (non-hydrogen) atoms. The van der Waals surface area contributed by atoms with Gasteiger partial charge in [0, 0.05) is 18.3 Å². The minimum absolute atomic E-state index is 0.0185. The average molecular weight is 428 g/mol. The number of amides is 1. The molecule has 0 spiro atoms. The lowest BCUT2D eigenvalue weighted by molar-refractivity contribution is -0.137. The maximum Gasteiger partial charge on any atom is 0.416 e. The maximum atomic E-state index is 12.9. The minimum Gasteiger partial charge on any atom is -0.370 e. The minimum atomic E-state index is -4.51. The van der Waals surface area contributed by atoms with E-state index in [9.17, 15) is 18.0 Å². The van der Waals surface area contributed by atoms with Crippen molar-refractivity contribution >= 4 is 23.2 Å². The number of nitrogens with zero attached hydrogens (tertiary/aromatic N) is 1. The summed E-state index contributed by atoms with van der Waals surface area (Å²) in [6.45, 7) is 2.86. The summed E-state index contributed by atoms with van der Waals surface area (Å²) in [5, 5.41) is 6.25. The maximum absolute atomic E-state index is 12.9. The van der Waals surface area contributed by atoms with Gasteiger partial charge in [-0.25, -0.2) is 4.99 Å². The highest BCUT2D eigenvalue weighted by molar-refractivity contribution is 6.33. The van der Waals surface area contributed by atoms with Gasteiger partial charge in [-0.05, 0) is 75.6 Å². The molecule has 0 unspecified atom stereocenters. The number of nitrogens with one attached hydrogen (secondary N) is 2. The van der Waals surface area contributed by atoms with Crippen molar-refractivity contribution in [3.8, 4) is 0 Å². The lowest BCUT2D eigenvalue weighted by Gasteiger charge is -2.29. The van der Waals surface area contributed by atoms with Gasteiger partial charge < -0.3 is 10.6 Å². The van der Waals surface area contributed by atoms with E-state index in [1.54, 1.807) is 0 Å². The lowest BCUT2D eigenvalue weighted by Crippen LogP contribution is -2.39. The topological polar surface area (TPSA) is 53.5 Å². The van der Waals surface area contributed by atoms with Gasteiger partial charge in [0.1, 0.15) is 5.82 Å². The van der Waals surface area contributed by atoms with E-state index in [1.807, 2.05) is 6.92 Å². The zero-order valence-corrected chi connectivity index (χ0v) is 17.0. The van der Waals surface area contributed by atoms with Crippen LogP contribution in [0, 0.1) is 5.92 Å². The van der Waals surface area contributed by atoms with Crippen molar-refractivity contribution in [1.29, 1.82) is 0 Å².